The van der Waals surface area contributed by atoms with Crippen molar-refractivity contribution in [2.45, 2.75) is 51.5 Å². The smallest absolute Gasteiger partial charge is 0.267 e. The Labute approximate surface area is 176 Å². The maximum atomic E-state index is 12.4. The van der Waals surface area contributed by atoms with E-state index in [-0.39, 0.29) is 5.56 Å². The third-order valence-electron chi connectivity index (χ3n) is 6.72. The summed E-state index contributed by atoms with van der Waals surface area (Å²) in [6, 6.07) is 6.19. The van der Waals surface area contributed by atoms with Crippen molar-refractivity contribution in [3.8, 4) is 6.07 Å². The van der Waals surface area contributed by atoms with Crippen molar-refractivity contribution in [2.24, 2.45) is 0 Å². The van der Waals surface area contributed by atoms with Gasteiger partial charge in [0.1, 0.15) is 11.9 Å². The first kappa shape index (κ1) is 19.3. The first-order chi connectivity index (χ1) is 14.7. The number of hydrogen-bond acceptors (Lipinski definition) is 6. The number of nitrogens with zero attached hydrogens (tertiary/aromatic N) is 6. The van der Waals surface area contributed by atoms with E-state index in [2.05, 4.69) is 21.0 Å². The summed E-state index contributed by atoms with van der Waals surface area (Å²) in [5.74, 6) is 0.852. The van der Waals surface area contributed by atoms with E-state index < -0.39 is 0 Å². The van der Waals surface area contributed by atoms with E-state index in [0.717, 1.165) is 88.3 Å². The van der Waals surface area contributed by atoms with Crippen LogP contribution in [-0.4, -0.2) is 52.4 Å². The third-order valence-corrected chi connectivity index (χ3v) is 6.72. The molecule has 5 rings (SSSR count). The van der Waals surface area contributed by atoms with E-state index in [1.165, 1.54) is 17.7 Å². The molecule has 3 aliphatic rings. The molecule has 2 aromatic rings. The molecule has 1 fully saturated rings. The maximum Gasteiger partial charge on any atom is 0.267 e. The Kier molecular flexibility index (Phi) is 5.26. The summed E-state index contributed by atoms with van der Waals surface area (Å²) in [4.78, 5) is 21.9. The van der Waals surface area contributed by atoms with Crippen LogP contribution in [0.2, 0.25) is 0 Å². The molecule has 0 N–H and O–H groups in total. The van der Waals surface area contributed by atoms with Gasteiger partial charge in [0.2, 0.25) is 0 Å². The van der Waals surface area contributed by atoms with Crippen LogP contribution in [0.1, 0.15) is 47.3 Å². The SMILES string of the molecule is N#Cc1cc2c(nc1N1CCN(CCn3nc4c(cc3=O)CCCC4)CC1)CCC2. The van der Waals surface area contributed by atoms with E-state index in [1.54, 1.807) is 10.7 Å². The van der Waals surface area contributed by atoms with Crippen LogP contribution in [0.3, 0.4) is 0 Å². The molecule has 2 aromatic heterocycles. The molecule has 0 saturated carbocycles. The summed E-state index contributed by atoms with van der Waals surface area (Å²) in [6.07, 6.45) is 7.51. The fourth-order valence-corrected chi connectivity index (χ4v) is 4.97. The zero-order valence-corrected chi connectivity index (χ0v) is 17.4. The van der Waals surface area contributed by atoms with Gasteiger partial charge in [-0.1, -0.05) is 0 Å². The zero-order chi connectivity index (χ0) is 20.5. The number of hydrogen-bond donors (Lipinski definition) is 0. The second-order valence-electron chi connectivity index (χ2n) is 8.64. The number of nitriles is 1. The first-order valence-electron chi connectivity index (χ1n) is 11.2. The second-order valence-corrected chi connectivity index (χ2v) is 8.64. The predicted molar refractivity (Wildman–Crippen MR) is 115 cm³/mol. The standard InChI is InChI=1S/C23H28N6O/c24-16-19-14-17-5-3-7-20(17)25-23(19)28-11-8-27(9-12-28)10-13-29-22(30)15-18-4-1-2-6-21(18)26-29/h14-15H,1-13H2. The average Bonchev–Trinajstić information content (AvgIpc) is 3.24. The van der Waals surface area contributed by atoms with E-state index in [0.29, 0.717) is 12.1 Å². The van der Waals surface area contributed by atoms with Crippen LogP contribution in [0.15, 0.2) is 16.9 Å². The van der Waals surface area contributed by atoms with Gasteiger partial charge in [-0.2, -0.15) is 10.4 Å². The number of piperazine rings is 1. The lowest BCUT2D eigenvalue weighted by molar-refractivity contribution is 0.241. The van der Waals surface area contributed by atoms with Crippen molar-refractivity contribution < 1.29 is 0 Å². The van der Waals surface area contributed by atoms with Crippen molar-refractivity contribution in [1.29, 1.82) is 5.26 Å². The fraction of sp³-hybridized carbons (Fsp3) is 0.565. The molecule has 7 heteroatoms. The monoisotopic (exact) mass is 404 g/mol. The molecule has 0 bridgehead atoms. The Morgan fingerprint density at radius 2 is 1.63 bits per heavy atom. The molecule has 0 radical (unpaired) electrons. The van der Waals surface area contributed by atoms with Crippen molar-refractivity contribution in [3.05, 3.63) is 50.6 Å². The Morgan fingerprint density at radius 3 is 2.47 bits per heavy atom. The predicted octanol–water partition coefficient (Wildman–Crippen LogP) is 1.70. The molecular formula is C23H28N6O. The molecule has 0 spiro atoms. The van der Waals surface area contributed by atoms with Gasteiger partial charge < -0.3 is 4.90 Å². The number of pyridine rings is 1. The van der Waals surface area contributed by atoms with Crippen molar-refractivity contribution in [3.63, 3.8) is 0 Å². The molecule has 1 saturated heterocycles. The van der Waals surface area contributed by atoms with Crippen LogP contribution in [0.25, 0.3) is 0 Å². The van der Waals surface area contributed by atoms with Gasteiger partial charge in [-0.3, -0.25) is 9.69 Å². The molecule has 2 aliphatic carbocycles. The highest BCUT2D eigenvalue weighted by molar-refractivity contribution is 5.57. The van der Waals surface area contributed by atoms with Gasteiger partial charge >= 0.3 is 0 Å². The van der Waals surface area contributed by atoms with Gasteiger partial charge in [-0.05, 0) is 62.1 Å². The Hall–Kier alpha value is -2.72. The number of rotatable bonds is 4. The highest BCUT2D eigenvalue weighted by Gasteiger charge is 2.23. The van der Waals surface area contributed by atoms with Gasteiger partial charge in [0.25, 0.3) is 5.56 Å². The summed E-state index contributed by atoms with van der Waals surface area (Å²) in [5, 5.41) is 14.2. The van der Waals surface area contributed by atoms with Crippen molar-refractivity contribution in [2.75, 3.05) is 37.6 Å². The van der Waals surface area contributed by atoms with Crippen LogP contribution >= 0.6 is 0 Å². The van der Waals surface area contributed by atoms with Crippen molar-refractivity contribution in [1.82, 2.24) is 19.7 Å². The van der Waals surface area contributed by atoms with Gasteiger partial charge in [-0.15, -0.1) is 0 Å². The van der Waals surface area contributed by atoms with E-state index >= 15 is 0 Å². The number of aryl methyl sites for hydroxylation is 4. The molecule has 0 atom stereocenters. The molecule has 0 amide bonds. The summed E-state index contributed by atoms with van der Waals surface area (Å²) in [5.41, 5.74) is 5.40. The Morgan fingerprint density at radius 1 is 0.900 bits per heavy atom. The zero-order valence-electron chi connectivity index (χ0n) is 17.4. The quantitative estimate of drug-likeness (QED) is 0.772. The van der Waals surface area contributed by atoms with Crippen molar-refractivity contribution >= 4 is 5.82 Å². The minimum atomic E-state index is 0.0234. The number of aromatic nitrogens is 3. The second kappa shape index (κ2) is 8.19. The largest absolute Gasteiger partial charge is 0.353 e. The van der Waals surface area contributed by atoms with E-state index in [4.69, 9.17) is 4.98 Å². The Balaban J connectivity index is 1.21. The molecule has 30 heavy (non-hydrogen) atoms. The molecule has 1 aliphatic heterocycles. The Bertz CT molecular complexity index is 1040. The summed E-state index contributed by atoms with van der Waals surface area (Å²) in [7, 11) is 0. The average molecular weight is 405 g/mol. The first-order valence-corrected chi connectivity index (χ1v) is 11.2. The highest BCUT2D eigenvalue weighted by atomic mass is 16.1. The van der Waals surface area contributed by atoms with Crippen LogP contribution in [0, 0.1) is 11.3 Å². The van der Waals surface area contributed by atoms with Gasteiger partial charge in [0.15, 0.2) is 0 Å². The molecule has 3 heterocycles. The summed E-state index contributed by atoms with van der Waals surface area (Å²) in [6.45, 7) is 4.97. The summed E-state index contributed by atoms with van der Waals surface area (Å²) >= 11 is 0. The summed E-state index contributed by atoms with van der Waals surface area (Å²) < 4.78 is 1.65. The number of fused-ring (bicyclic) bond motifs is 2. The topological polar surface area (TPSA) is 78.1 Å². The third kappa shape index (κ3) is 3.72. The lowest BCUT2D eigenvalue weighted by atomic mass is 9.97. The van der Waals surface area contributed by atoms with Crippen LogP contribution in [0.4, 0.5) is 5.82 Å². The van der Waals surface area contributed by atoms with Crippen LogP contribution < -0.4 is 10.5 Å². The molecule has 0 aromatic carbocycles. The molecule has 7 nitrogen and oxygen atoms in total. The van der Waals surface area contributed by atoms with Crippen LogP contribution in [-0.2, 0) is 32.2 Å². The minimum absolute atomic E-state index is 0.0234. The molecule has 156 valence electrons. The fourth-order valence-electron chi connectivity index (χ4n) is 4.97. The van der Waals surface area contributed by atoms with Gasteiger partial charge in [0.05, 0.1) is 17.8 Å². The normalized spacial score (nSPS) is 18.7. The molecular weight excluding hydrogens is 376 g/mol. The highest BCUT2D eigenvalue weighted by Crippen LogP contribution is 2.27. The molecule has 0 unspecified atom stereocenters. The lowest BCUT2D eigenvalue weighted by Crippen LogP contribution is -2.48. The minimum Gasteiger partial charge on any atom is -0.353 e. The van der Waals surface area contributed by atoms with E-state index in [1.807, 2.05) is 6.07 Å². The lowest BCUT2D eigenvalue weighted by Gasteiger charge is -2.36. The van der Waals surface area contributed by atoms with Gasteiger partial charge in [0, 0.05) is 44.5 Å². The number of anilines is 1. The van der Waals surface area contributed by atoms with Gasteiger partial charge in [-0.25, -0.2) is 9.67 Å². The maximum absolute atomic E-state index is 12.4. The van der Waals surface area contributed by atoms with E-state index in [9.17, 15) is 10.1 Å². The van der Waals surface area contributed by atoms with Crippen LogP contribution in [0.5, 0.6) is 0 Å².